The molecule has 1 aliphatic carbocycles. The maximum atomic E-state index is 12.0. The van der Waals surface area contributed by atoms with E-state index in [-0.39, 0.29) is 17.9 Å². The van der Waals surface area contributed by atoms with Crippen molar-refractivity contribution in [3.05, 3.63) is 30.3 Å². The van der Waals surface area contributed by atoms with E-state index >= 15 is 0 Å². The van der Waals surface area contributed by atoms with Crippen LogP contribution in [0.25, 0.3) is 15.9 Å². The number of aromatic nitrogens is 5. The molecule has 3 aromatic heterocycles. The summed E-state index contributed by atoms with van der Waals surface area (Å²) >= 11 is 2.93. The minimum absolute atomic E-state index is 0.0471. The highest BCUT2D eigenvalue weighted by atomic mass is 32.2. The number of fused-ring (bicyclic) bond motifs is 2. The van der Waals surface area contributed by atoms with Gasteiger partial charge in [0.05, 0.1) is 23.4 Å². The molecule has 0 spiro atoms. The zero-order valence-electron chi connectivity index (χ0n) is 15.6. The topological polar surface area (TPSA) is 104 Å². The zero-order chi connectivity index (χ0) is 20.1. The normalized spacial score (nSPS) is 16.7. The van der Waals surface area contributed by atoms with Crippen LogP contribution in [0.15, 0.2) is 40.4 Å². The third-order valence-electron chi connectivity index (χ3n) is 4.85. The van der Waals surface area contributed by atoms with Gasteiger partial charge in [-0.15, -0.1) is 15.3 Å². The lowest BCUT2D eigenvalue weighted by Gasteiger charge is -2.25. The number of carbonyl (C=O) groups excluding carboxylic acids is 1. The van der Waals surface area contributed by atoms with Crippen LogP contribution < -0.4 is 10.1 Å². The van der Waals surface area contributed by atoms with Gasteiger partial charge in [-0.1, -0.05) is 11.3 Å². The first-order chi connectivity index (χ1) is 14.7. The Morgan fingerprint density at radius 3 is 2.93 bits per heavy atom. The summed E-state index contributed by atoms with van der Waals surface area (Å²) in [6, 6.07) is 9.59. The van der Waals surface area contributed by atoms with Gasteiger partial charge in [-0.25, -0.2) is 4.98 Å². The van der Waals surface area contributed by atoms with Crippen LogP contribution >= 0.6 is 23.1 Å². The monoisotopic (exact) mass is 440 g/mol. The summed E-state index contributed by atoms with van der Waals surface area (Å²) in [6.45, 7) is 1.17. The van der Waals surface area contributed by atoms with E-state index in [0.717, 1.165) is 28.0 Å². The molecule has 1 aliphatic heterocycles. The van der Waals surface area contributed by atoms with Crippen LogP contribution in [0.2, 0.25) is 0 Å². The highest BCUT2D eigenvalue weighted by Gasteiger charge is 2.30. The van der Waals surface area contributed by atoms with E-state index in [1.54, 1.807) is 10.6 Å². The molecule has 4 heterocycles. The average Bonchev–Trinajstić information content (AvgIpc) is 3.39. The first kappa shape index (κ1) is 18.0. The van der Waals surface area contributed by atoms with Gasteiger partial charge in [0.15, 0.2) is 10.8 Å². The summed E-state index contributed by atoms with van der Waals surface area (Å²) in [4.78, 5) is 17.5. The minimum Gasteiger partial charge on any atom is -0.468 e. The van der Waals surface area contributed by atoms with Crippen LogP contribution in [-0.4, -0.2) is 50.0 Å². The Balaban J connectivity index is 1.24. The first-order valence-electron chi connectivity index (χ1n) is 9.57. The Morgan fingerprint density at radius 2 is 2.13 bits per heavy atom. The molecule has 9 nitrogen and oxygen atoms in total. The molecule has 2 aliphatic rings. The third-order valence-corrected chi connectivity index (χ3v) is 6.71. The number of amides is 1. The number of rotatable bonds is 6. The molecule has 0 bridgehead atoms. The maximum Gasteiger partial charge on any atom is 0.232 e. The molecule has 1 saturated heterocycles. The van der Waals surface area contributed by atoms with Gasteiger partial charge < -0.3 is 14.8 Å². The number of carbonyl (C=O) groups is 1. The van der Waals surface area contributed by atoms with Crippen molar-refractivity contribution in [2.45, 2.75) is 29.0 Å². The van der Waals surface area contributed by atoms with Gasteiger partial charge in [0.1, 0.15) is 6.10 Å². The van der Waals surface area contributed by atoms with Crippen molar-refractivity contribution in [3.8, 4) is 5.88 Å². The predicted octanol–water partition coefficient (Wildman–Crippen LogP) is 3.01. The fraction of sp³-hybridized carbons (Fsp3) is 0.316. The molecule has 11 heteroatoms. The fourth-order valence-electron chi connectivity index (χ4n) is 3.01. The Morgan fingerprint density at radius 1 is 1.23 bits per heavy atom. The number of nitrogens with zero attached hydrogens (tertiary/aromatic N) is 5. The van der Waals surface area contributed by atoms with Crippen LogP contribution in [0.3, 0.4) is 0 Å². The van der Waals surface area contributed by atoms with E-state index in [0.29, 0.717) is 35.0 Å². The second kappa shape index (κ2) is 7.18. The van der Waals surface area contributed by atoms with E-state index in [4.69, 9.17) is 9.47 Å². The van der Waals surface area contributed by atoms with Crippen molar-refractivity contribution in [1.29, 1.82) is 0 Å². The van der Waals surface area contributed by atoms with Crippen molar-refractivity contribution >= 4 is 50.0 Å². The average molecular weight is 441 g/mol. The smallest absolute Gasteiger partial charge is 0.232 e. The molecule has 1 N–H and O–H groups in total. The third kappa shape index (κ3) is 3.48. The second-order valence-electron chi connectivity index (χ2n) is 7.22. The van der Waals surface area contributed by atoms with Crippen molar-refractivity contribution in [1.82, 2.24) is 24.8 Å². The predicted molar refractivity (Wildman–Crippen MR) is 111 cm³/mol. The summed E-state index contributed by atoms with van der Waals surface area (Å²) in [5, 5.41) is 17.2. The number of ether oxygens (including phenoxy) is 2. The molecule has 0 unspecified atom stereocenters. The van der Waals surface area contributed by atoms with Crippen molar-refractivity contribution in [3.63, 3.8) is 0 Å². The number of hydrogen-bond donors (Lipinski definition) is 1. The van der Waals surface area contributed by atoms with Crippen LogP contribution in [-0.2, 0) is 9.53 Å². The van der Waals surface area contributed by atoms with Crippen molar-refractivity contribution in [2.75, 3.05) is 18.5 Å². The molecule has 2 fully saturated rings. The number of hydrogen-bond acceptors (Lipinski definition) is 9. The van der Waals surface area contributed by atoms with Gasteiger partial charge in [-0.3, -0.25) is 4.79 Å². The lowest BCUT2D eigenvalue weighted by atomic mass is 10.3. The lowest BCUT2D eigenvalue weighted by molar-refractivity contribution is -0.117. The van der Waals surface area contributed by atoms with Crippen molar-refractivity contribution < 1.29 is 14.3 Å². The van der Waals surface area contributed by atoms with Gasteiger partial charge in [-0.05, 0) is 48.9 Å². The minimum atomic E-state index is 0.0471. The second-order valence-corrected chi connectivity index (χ2v) is 9.29. The van der Waals surface area contributed by atoms with Gasteiger partial charge in [-0.2, -0.15) is 4.52 Å². The van der Waals surface area contributed by atoms with Gasteiger partial charge in [0.25, 0.3) is 0 Å². The van der Waals surface area contributed by atoms with Crippen LogP contribution in [0.4, 0.5) is 5.13 Å². The molecule has 30 heavy (non-hydrogen) atoms. The largest absolute Gasteiger partial charge is 0.468 e. The van der Waals surface area contributed by atoms with E-state index in [1.165, 1.54) is 23.1 Å². The number of nitrogens with one attached hydrogen (secondary N) is 1. The molecule has 1 aromatic carbocycles. The molecule has 1 saturated carbocycles. The highest BCUT2D eigenvalue weighted by molar-refractivity contribution is 7.99. The van der Waals surface area contributed by atoms with Crippen LogP contribution in [0.1, 0.15) is 12.8 Å². The molecule has 6 rings (SSSR count). The SMILES string of the molecule is O=C(Nc1nc2ccc(Sc3nnc4ccc(OC5COC5)nn34)cc2s1)C1CC1. The zero-order valence-corrected chi connectivity index (χ0v) is 17.3. The summed E-state index contributed by atoms with van der Waals surface area (Å²) in [5.41, 5.74) is 1.51. The molecule has 4 aromatic rings. The molecule has 0 radical (unpaired) electrons. The summed E-state index contributed by atoms with van der Waals surface area (Å²) < 4.78 is 13.6. The Kier molecular flexibility index (Phi) is 4.32. The van der Waals surface area contributed by atoms with E-state index in [1.807, 2.05) is 24.3 Å². The summed E-state index contributed by atoms with van der Waals surface area (Å²) in [6.07, 6.45) is 1.99. The molecule has 152 valence electrons. The Labute approximate surface area is 178 Å². The number of benzene rings is 1. The van der Waals surface area contributed by atoms with E-state index in [2.05, 4.69) is 25.6 Å². The maximum absolute atomic E-state index is 12.0. The number of thiazole rings is 1. The van der Waals surface area contributed by atoms with Gasteiger partial charge in [0, 0.05) is 16.9 Å². The van der Waals surface area contributed by atoms with Crippen LogP contribution in [0.5, 0.6) is 5.88 Å². The molecule has 1 amide bonds. The Hall–Kier alpha value is -2.76. The standard InChI is InChI=1S/C19H16N6O3S2/c26-17(10-1-2-10)21-18-20-13-4-3-12(7-14(13)30-18)29-19-23-22-15-5-6-16(24-25(15)19)28-11-8-27-9-11/h3-7,10-11H,1-2,8-9H2,(H,20,21,26). The molecular weight excluding hydrogens is 424 g/mol. The first-order valence-corrected chi connectivity index (χ1v) is 11.2. The summed E-state index contributed by atoms with van der Waals surface area (Å²) in [7, 11) is 0. The van der Waals surface area contributed by atoms with Crippen molar-refractivity contribution in [2.24, 2.45) is 5.92 Å². The number of anilines is 1. The molecular formula is C19H16N6O3S2. The van der Waals surface area contributed by atoms with Gasteiger partial charge >= 0.3 is 0 Å². The fourth-order valence-corrected chi connectivity index (χ4v) is 4.82. The summed E-state index contributed by atoms with van der Waals surface area (Å²) in [5.74, 6) is 0.741. The Bertz CT molecular complexity index is 1260. The quantitative estimate of drug-likeness (QED) is 0.488. The highest BCUT2D eigenvalue weighted by Crippen LogP contribution is 2.35. The van der Waals surface area contributed by atoms with Gasteiger partial charge in [0.2, 0.25) is 16.9 Å². The molecule has 0 atom stereocenters. The van der Waals surface area contributed by atoms with E-state index in [9.17, 15) is 4.79 Å². The lowest BCUT2D eigenvalue weighted by Crippen LogP contribution is -2.38. The van der Waals surface area contributed by atoms with Crippen LogP contribution in [0, 0.1) is 5.92 Å². The van der Waals surface area contributed by atoms with E-state index < -0.39 is 0 Å².